The first kappa shape index (κ1) is 6.98. The predicted molar refractivity (Wildman–Crippen MR) is 35.8 cm³/mol. The molecule has 2 saturated heterocycles. The van der Waals surface area contributed by atoms with E-state index in [0.717, 1.165) is 13.0 Å². The second kappa shape index (κ2) is 2.74. The summed E-state index contributed by atoms with van der Waals surface area (Å²) < 4.78 is 10.7. The molecule has 0 amide bonds. The third kappa shape index (κ3) is 1.20. The molecule has 4 nitrogen and oxygen atoms in total. The zero-order valence-electron chi connectivity index (χ0n) is 6.03. The molecular formula is C7H9NO3. The van der Waals surface area contributed by atoms with E-state index in [2.05, 4.69) is 4.99 Å². The summed E-state index contributed by atoms with van der Waals surface area (Å²) in [5.74, 6) is 0. The second-order valence-corrected chi connectivity index (χ2v) is 2.78. The van der Waals surface area contributed by atoms with Gasteiger partial charge in [-0.1, -0.05) is 0 Å². The van der Waals surface area contributed by atoms with Gasteiger partial charge in [-0.25, -0.2) is 4.79 Å². The molecule has 0 aromatic carbocycles. The van der Waals surface area contributed by atoms with Crippen molar-refractivity contribution < 1.29 is 14.3 Å². The Labute approximate surface area is 64.2 Å². The lowest BCUT2D eigenvalue weighted by Gasteiger charge is -2.03. The second-order valence-electron chi connectivity index (χ2n) is 2.78. The van der Waals surface area contributed by atoms with E-state index in [1.165, 1.54) is 6.08 Å². The van der Waals surface area contributed by atoms with E-state index in [4.69, 9.17) is 9.47 Å². The third-order valence-electron chi connectivity index (χ3n) is 2.11. The van der Waals surface area contributed by atoms with Crippen LogP contribution >= 0.6 is 0 Å². The van der Waals surface area contributed by atoms with Crippen LogP contribution in [0.2, 0.25) is 0 Å². The Kier molecular flexibility index (Phi) is 1.74. The highest BCUT2D eigenvalue weighted by Gasteiger charge is 2.39. The lowest BCUT2D eigenvalue weighted by Crippen LogP contribution is -2.13. The maximum absolute atomic E-state index is 9.87. The predicted octanol–water partition coefficient (Wildman–Crippen LogP) is 0.226. The fourth-order valence-electron chi connectivity index (χ4n) is 1.60. The zero-order chi connectivity index (χ0) is 7.68. The highest BCUT2D eigenvalue weighted by atomic mass is 16.6. The average Bonchev–Trinajstić information content (AvgIpc) is 2.46. The number of hydrogen-bond donors (Lipinski definition) is 0. The normalized spacial score (nSPS) is 41.6. The number of carbonyl (C=O) groups excluding carboxylic acids is 1. The molecule has 0 saturated carbocycles. The van der Waals surface area contributed by atoms with Crippen LogP contribution in [0.15, 0.2) is 4.99 Å². The molecule has 0 radical (unpaired) electrons. The van der Waals surface area contributed by atoms with Gasteiger partial charge in [-0.05, 0) is 6.42 Å². The van der Waals surface area contributed by atoms with Crippen molar-refractivity contribution in [2.45, 2.75) is 31.3 Å². The van der Waals surface area contributed by atoms with Gasteiger partial charge in [0.2, 0.25) is 6.08 Å². The number of hydrogen-bond acceptors (Lipinski definition) is 4. The molecule has 0 aliphatic carbocycles. The molecule has 11 heavy (non-hydrogen) atoms. The van der Waals surface area contributed by atoms with E-state index in [-0.39, 0.29) is 18.4 Å². The first-order chi connectivity index (χ1) is 5.40. The molecule has 2 rings (SSSR count). The maximum atomic E-state index is 9.87. The van der Waals surface area contributed by atoms with Crippen molar-refractivity contribution in [1.29, 1.82) is 0 Å². The summed E-state index contributed by atoms with van der Waals surface area (Å²) in [5, 5.41) is 0. The molecule has 0 bridgehead atoms. The van der Waals surface area contributed by atoms with Gasteiger partial charge < -0.3 is 9.47 Å². The summed E-state index contributed by atoms with van der Waals surface area (Å²) in [7, 11) is 0. The molecule has 0 spiro atoms. The van der Waals surface area contributed by atoms with Crippen LogP contribution in [0.5, 0.6) is 0 Å². The number of nitrogens with zero attached hydrogens (tertiary/aromatic N) is 1. The van der Waals surface area contributed by atoms with Crippen molar-refractivity contribution in [3.05, 3.63) is 0 Å². The van der Waals surface area contributed by atoms with Gasteiger partial charge in [-0.15, -0.1) is 0 Å². The molecule has 0 aromatic heterocycles. The van der Waals surface area contributed by atoms with Crippen LogP contribution < -0.4 is 0 Å². The van der Waals surface area contributed by atoms with Crippen molar-refractivity contribution in [2.75, 3.05) is 6.61 Å². The maximum Gasteiger partial charge on any atom is 0.237 e. The minimum absolute atomic E-state index is 0.164. The van der Waals surface area contributed by atoms with Crippen LogP contribution in [0.1, 0.15) is 12.8 Å². The van der Waals surface area contributed by atoms with E-state index in [9.17, 15) is 4.79 Å². The van der Waals surface area contributed by atoms with Gasteiger partial charge in [-0.3, -0.25) is 0 Å². The summed E-state index contributed by atoms with van der Waals surface area (Å²) in [4.78, 5) is 13.4. The number of aliphatic imine (C=N–C) groups is 1. The number of ether oxygens (including phenoxy) is 2. The van der Waals surface area contributed by atoms with E-state index in [1.54, 1.807) is 0 Å². The Morgan fingerprint density at radius 3 is 3.09 bits per heavy atom. The van der Waals surface area contributed by atoms with Gasteiger partial charge >= 0.3 is 0 Å². The summed E-state index contributed by atoms with van der Waals surface area (Å²) in [6.07, 6.45) is 3.15. The van der Waals surface area contributed by atoms with Crippen molar-refractivity contribution >= 4 is 6.08 Å². The van der Waals surface area contributed by atoms with Crippen LogP contribution in [-0.2, 0) is 14.3 Å². The van der Waals surface area contributed by atoms with Gasteiger partial charge in [0.25, 0.3) is 0 Å². The zero-order valence-corrected chi connectivity index (χ0v) is 6.03. The molecule has 3 unspecified atom stereocenters. The molecule has 0 aromatic rings. The average molecular weight is 155 g/mol. The Morgan fingerprint density at radius 1 is 1.45 bits per heavy atom. The van der Waals surface area contributed by atoms with E-state index >= 15 is 0 Å². The first-order valence-corrected chi connectivity index (χ1v) is 3.74. The first-order valence-electron chi connectivity index (χ1n) is 3.74. The Balaban J connectivity index is 1.99. The van der Waals surface area contributed by atoms with Gasteiger partial charge in [0, 0.05) is 13.0 Å². The Hall–Kier alpha value is -0.700. The van der Waals surface area contributed by atoms with Crippen LogP contribution in [0, 0.1) is 0 Å². The van der Waals surface area contributed by atoms with E-state index < -0.39 is 0 Å². The molecule has 4 heteroatoms. The standard InChI is InChI=1S/C7H9NO3/c9-4-8-7-3-6-5(11-7)1-2-10-6/h5-7H,1-3H2. The van der Waals surface area contributed by atoms with Crippen molar-refractivity contribution in [3.8, 4) is 0 Å². The van der Waals surface area contributed by atoms with Crippen molar-refractivity contribution in [2.24, 2.45) is 4.99 Å². The van der Waals surface area contributed by atoms with Gasteiger partial charge in [0.15, 0.2) is 6.23 Å². The van der Waals surface area contributed by atoms with E-state index in [1.807, 2.05) is 0 Å². The summed E-state index contributed by atoms with van der Waals surface area (Å²) >= 11 is 0. The largest absolute Gasteiger partial charge is 0.375 e. The fourth-order valence-corrected chi connectivity index (χ4v) is 1.60. The van der Waals surface area contributed by atoms with E-state index in [0.29, 0.717) is 6.42 Å². The molecule has 0 N–H and O–H groups in total. The molecule has 60 valence electrons. The summed E-state index contributed by atoms with van der Waals surface area (Å²) in [6, 6.07) is 0. The molecule has 2 aliphatic heterocycles. The highest BCUT2D eigenvalue weighted by molar-refractivity contribution is 5.33. The van der Waals surface area contributed by atoms with Gasteiger partial charge in [0.05, 0.1) is 12.2 Å². The van der Waals surface area contributed by atoms with Crippen LogP contribution in [0.4, 0.5) is 0 Å². The fraction of sp³-hybridized carbons (Fsp3) is 0.857. The lowest BCUT2D eigenvalue weighted by atomic mass is 10.2. The monoisotopic (exact) mass is 155 g/mol. The minimum atomic E-state index is -0.303. The van der Waals surface area contributed by atoms with Crippen molar-refractivity contribution in [3.63, 3.8) is 0 Å². The Bertz CT molecular complexity index is 188. The Morgan fingerprint density at radius 2 is 2.36 bits per heavy atom. The van der Waals surface area contributed by atoms with Crippen LogP contribution in [0.25, 0.3) is 0 Å². The van der Waals surface area contributed by atoms with Crippen molar-refractivity contribution in [1.82, 2.24) is 0 Å². The van der Waals surface area contributed by atoms with Crippen LogP contribution in [0.3, 0.4) is 0 Å². The number of rotatable bonds is 1. The number of isocyanates is 1. The quantitative estimate of drug-likeness (QED) is 0.402. The molecule has 2 fully saturated rings. The van der Waals surface area contributed by atoms with Crippen LogP contribution in [-0.4, -0.2) is 31.1 Å². The lowest BCUT2D eigenvalue weighted by molar-refractivity contribution is 0.0428. The third-order valence-corrected chi connectivity index (χ3v) is 2.11. The van der Waals surface area contributed by atoms with Gasteiger partial charge in [0.1, 0.15) is 0 Å². The molecular weight excluding hydrogens is 146 g/mol. The summed E-state index contributed by atoms with van der Waals surface area (Å²) in [5.41, 5.74) is 0. The minimum Gasteiger partial charge on any atom is -0.375 e. The molecule has 2 heterocycles. The smallest absolute Gasteiger partial charge is 0.237 e. The summed E-state index contributed by atoms with van der Waals surface area (Å²) in [6.45, 7) is 0.771. The topological polar surface area (TPSA) is 47.9 Å². The molecule has 3 atom stereocenters. The van der Waals surface area contributed by atoms with Gasteiger partial charge in [-0.2, -0.15) is 4.99 Å². The molecule has 2 aliphatic rings. The SMILES string of the molecule is O=C=NC1CC2OCCC2O1. The number of fused-ring (bicyclic) bond motifs is 1. The highest BCUT2D eigenvalue weighted by Crippen LogP contribution is 2.30.